The molecule has 0 saturated carbocycles. The van der Waals surface area contributed by atoms with Crippen molar-refractivity contribution in [3.63, 3.8) is 0 Å². The highest BCUT2D eigenvalue weighted by atomic mass is 14.2. The van der Waals surface area contributed by atoms with Crippen molar-refractivity contribution < 1.29 is 0 Å². The first kappa shape index (κ1) is 28.7. The molecule has 32 heavy (non-hydrogen) atoms. The molecule has 0 aliphatic heterocycles. The molecule has 0 N–H and O–H groups in total. The van der Waals surface area contributed by atoms with Crippen LogP contribution < -0.4 is 0 Å². The highest BCUT2D eigenvalue weighted by Gasteiger charge is 2.14. The van der Waals surface area contributed by atoms with Gasteiger partial charge in [-0.25, -0.2) is 0 Å². The van der Waals surface area contributed by atoms with E-state index >= 15 is 0 Å². The second-order valence-corrected chi connectivity index (χ2v) is 11.3. The van der Waals surface area contributed by atoms with Gasteiger partial charge in [0, 0.05) is 0 Å². The van der Waals surface area contributed by atoms with Crippen molar-refractivity contribution in [1.82, 2.24) is 0 Å². The van der Waals surface area contributed by atoms with Gasteiger partial charge in [0.15, 0.2) is 0 Å². The molecule has 0 radical (unpaired) electrons. The maximum Gasteiger partial charge on any atom is -0.0172 e. The normalized spacial score (nSPS) is 12.9. The zero-order valence-corrected chi connectivity index (χ0v) is 22.5. The highest BCUT2D eigenvalue weighted by Crippen LogP contribution is 2.28. The van der Waals surface area contributed by atoms with Crippen LogP contribution in [0.2, 0.25) is 0 Å². The number of unbranched alkanes of at least 4 members (excludes halogenated alkanes) is 10. The molecule has 0 atom stereocenters. The Morgan fingerprint density at radius 3 is 1.16 bits per heavy atom. The van der Waals surface area contributed by atoms with Gasteiger partial charge in [0.05, 0.1) is 0 Å². The fourth-order valence-electron chi connectivity index (χ4n) is 4.25. The van der Waals surface area contributed by atoms with E-state index < -0.39 is 0 Å². The molecule has 0 nitrogen and oxygen atoms in total. The molecule has 0 aliphatic rings. The van der Waals surface area contributed by atoms with Gasteiger partial charge in [0.1, 0.15) is 0 Å². The highest BCUT2D eigenvalue weighted by molar-refractivity contribution is 5.56. The van der Waals surface area contributed by atoms with Crippen LogP contribution in [0.1, 0.15) is 143 Å². The Kier molecular flexibility index (Phi) is 14.7. The minimum absolute atomic E-state index is 0.282. The molecule has 0 aliphatic carbocycles. The van der Waals surface area contributed by atoms with Crippen LogP contribution in [0.25, 0.3) is 12.2 Å². The largest absolute Gasteiger partial charge is 0.0783 e. The van der Waals surface area contributed by atoms with Crippen LogP contribution in [-0.2, 0) is 0 Å². The fourth-order valence-corrected chi connectivity index (χ4v) is 4.25. The molecule has 0 saturated heterocycles. The summed E-state index contributed by atoms with van der Waals surface area (Å²) in [6, 6.07) is 9.05. The predicted molar refractivity (Wildman–Crippen MR) is 148 cm³/mol. The third-order valence-corrected chi connectivity index (χ3v) is 6.74. The summed E-state index contributed by atoms with van der Waals surface area (Å²) < 4.78 is 0. The van der Waals surface area contributed by atoms with Crippen LogP contribution in [0.15, 0.2) is 36.4 Å². The number of benzene rings is 1. The fraction of sp³-hybridized carbons (Fsp3) is 0.688. The van der Waals surface area contributed by atoms with Crippen LogP contribution in [0.3, 0.4) is 0 Å². The van der Waals surface area contributed by atoms with E-state index in [1.165, 1.54) is 101 Å². The second kappa shape index (κ2) is 16.3. The first-order chi connectivity index (χ1) is 15.3. The van der Waals surface area contributed by atoms with Crippen molar-refractivity contribution in [3.8, 4) is 0 Å². The van der Waals surface area contributed by atoms with Crippen molar-refractivity contribution in [2.45, 2.75) is 131 Å². The number of hydrogen-bond acceptors (Lipinski definition) is 0. The van der Waals surface area contributed by atoms with Crippen LogP contribution in [-0.4, -0.2) is 0 Å². The molecule has 1 aromatic carbocycles. The maximum atomic E-state index is 2.41. The van der Waals surface area contributed by atoms with Gasteiger partial charge in [-0.3, -0.25) is 0 Å². The summed E-state index contributed by atoms with van der Waals surface area (Å²) in [7, 11) is 0. The van der Waals surface area contributed by atoms with Crippen LogP contribution in [0, 0.1) is 10.8 Å². The molecule has 0 heterocycles. The molecule has 0 aromatic heterocycles. The number of allylic oxidation sites excluding steroid dienone is 2. The second-order valence-electron chi connectivity index (χ2n) is 11.3. The van der Waals surface area contributed by atoms with E-state index in [4.69, 9.17) is 0 Å². The van der Waals surface area contributed by atoms with E-state index in [0.717, 1.165) is 0 Å². The van der Waals surface area contributed by atoms with Gasteiger partial charge >= 0.3 is 0 Å². The van der Waals surface area contributed by atoms with E-state index in [-0.39, 0.29) is 10.8 Å². The van der Waals surface area contributed by atoms with E-state index in [9.17, 15) is 0 Å². The van der Waals surface area contributed by atoms with Gasteiger partial charge in [-0.1, -0.05) is 167 Å². The molecule has 0 heteroatoms. The Bertz CT molecular complexity index is 570. The smallest absolute Gasteiger partial charge is 0.0172 e. The molecular formula is C32H54. The lowest BCUT2D eigenvalue weighted by atomic mass is 9.85. The summed E-state index contributed by atoms with van der Waals surface area (Å²) in [4.78, 5) is 0. The van der Waals surface area contributed by atoms with E-state index in [1.807, 2.05) is 0 Å². The Labute approximate surface area is 202 Å². The lowest BCUT2D eigenvalue weighted by molar-refractivity contribution is 0.409. The lowest BCUT2D eigenvalue weighted by Gasteiger charge is -2.20. The molecule has 0 bridgehead atoms. The van der Waals surface area contributed by atoms with Crippen LogP contribution >= 0.6 is 0 Å². The summed E-state index contributed by atoms with van der Waals surface area (Å²) in [5.74, 6) is 0. The lowest BCUT2D eigenvalue weighted by Crippen LogP contribution is -2.07. The van der Waals surface area contributed by atoms with Gasteiger partial charge < -0.3 is 0 Å². The predicted octanol–water partition coefficient (Wildman–Crippen LogP) is 11.3. The van der Waals surface area contributed by atoms with Gasteiger partial charge in [0.2, 0.25) is 0 Å². The molecule has 0 amide bonds. The van der Waals surface area contributed by atoms with Gasteiger partial charge in [-0.2, -0.15) is 0 Å². The Hall–Kier alpha value is -1.30. The minimum atomic E-state index is 0.282. The average Bonchev–Trinajstić information content (AvgIpc) is 2.76. The number of hydrogen-bond donors (Lipinski definition) is 0. The van der Waals surface area contributed by atoms with Gasteiger partial charge in [-0.05, 0) is 34.8 Å². The van der Waals surface area contributed by atoms with Crippen molar-refractivity contribution in [2.75, 3.05) is 0 Å². The molecule has 0 spiro atoms. The summed E-state index contributed by atoms with van der Waals surface area (Å²) >= 11 is 0. The van der Waals surface area contributed by atoms with Crippen molar-refractivity contribution >= 4 is 12.2 Å². The number of rotatable bonds is 18. The first-order valence-corrected chi connectivity index (χ1v) is 13.8. The third kappa shape index (κ3) is 14.7. The maximum absolute atomic E-state index is 2.41. The zero-order valence-electron chi connectivity index (χ0n) is 22.5. The van der Waals surface area contributed by atoms with Crippen LogP contribution in [0.5, 0.6) is 0 Å². The average molecular weight is 439 g/mol. The summed E-state index contributed by atoms with van der Waals surface area (Å²) in [6.07, 6.45) is 28.5. The van der Waals surface area contributed by atoms with Crippen molar-refractivity contribution in [1.29, 1.82) is 0 Å². The van der Waals surface area contributed by atoms with Crippen molar-refractivity contribution in [2.24, 2.45) is 10.8 Å². The summed E-state index contributed by atoms with van der Waals surface area (Å²) in [5.41, 5.74) is 3.18. The summed E-state index contributed by atoms with van der Waals surface area (Å²) in [6.45, 7) is 14.1. The monoisotopic (exact) mass is 438 g/mol. The molecule has 1 aromatic rings. The first-order valence-electron chi connectivity index (χ1n) is 13.8. The quantitative estimate of drug-likeness (QED) is 0.200. The molecule has 182 valence electrons. The van der Waals surface area contributed by atoms with Gasteiger partial charge in [-0.15, -0.1) is 0 Å². The summed E-state index contributed by atoms with van der Waals surface area (Å²) in [5, 5.41) is 0. The molecular weight excluding hydrogens is 384 g/mol. The SMILES string of the molecule is CCCCCCCCC(C)(C)C=Cc1ccc(C=CC(C)(C)CCCCCCCC)cc1. The van der Waals surface area contributed by atoms with E-state index in [2.05, 4.69) is 90.1 Å². The molecule has 0 fully saturated rings. The Balaban J connectivity index is 2.42. The van der Waals surface area contributed by atoms with E-state index in [1.54, 1.807) is 0 Å². The van der Waals surface area contributed by atoms with Crippen LogP contribution in [0.4, 0.5) is 0 Å². The van der Waals surface area contributed by atoms with Gasteiger partial charge in [0.25, 0.3) is 0 Å². The Morgan fingerprint density at radius 2 is 0.812 bits per heavy atom. The van der Waals surface area contributed by atoms with E-state index in [0.29, 0.717) is 0 Å². The topological polar surface area (TPSA) is 0 Å². The van der Waals surface area contributed by atoms with Crippen molar-refractivity contribution in [3.05, 3.63) is 47.5 Å². The molecule has 0 unspecified atom stereocenters. The zero-order chi connectivity index (χ0) is 23.7. The Morgan fingerprint density at radius 1 is 0.500 bits per heavy atom. The third-order valence-electron chi connectivity index (χ3n) is 6.74. The standard InChI is InChI=1S/C32H54/c1-7-9-11-13-15-17-25-31(3,4)27-23-29-19-21-30(22-20-29)24-28-32(5,6)26-18-16-14-12-10-8-2/h19-24,27-28H,7-18,25-26H2,1-6H3. The molecule has 1 rings (SSSR count). The minimum Gasteiger partial charge on any atom is -0.0783 e.